The molecule has 312 valence electrons. The lowest BCUT2D eigenvalue weighted by Crippen LogP contribution is -2.61. The van der Waals surface area contributed by atoms with Gasteiger partial charge in [-0.1, -0.05) is 30.3 Å². The molecule has 0 spiro atoms. The lowest BCUT2D eigenvalue weighted by atomic mass is 10.00. The quantitative estimate of drug-likeness (QED) is 0.157. The van der Waals surface area contributed by atoms with Gasteiger partial charge in [0, 0.05) is 49.6 Å². The number of aliphatic hydroxyl groups excluding tert-OH is 1. The summed E-state index contributed by atoms with van der Waals surface area (Å²) in [5.41, 5.74) is 1.51. The second-order valence-corrected chi connectivity index (χ2v) is 15.4. The molecule has 58 heavy (non-hydrogen) atoms. The van der Waals surface area contributed by atoms with Crippen molar-refractivity contribution in [1.29, 1.82) is 0 Å². The zero-order valence-corrected chi connectivity index (χ0v) is 33.2. The number of nitrogens with zero attached hydrogens (tertiary/aromatic N) is 2. The predicted octanol–water partition coefficient (Wildman–Crippen LogP) is 1.78. The van der Waals surface area contributed by atoms with Gasteiger partial charge >= 0.3 is 12.1 Å². The Labute approximate surface area is 335 Å². The first-order valence-electron chi connectivity index (χ1n) is 19.0. The highest BCUT2D eigenvalue weighted by Crippen LogP contribution is 2.27. The maximum atomic E-state index is 14.9. The van der Waals surface area contributed by atoms with Crippen molar-refractivity contribution in [3.63, 3.8) is 0 Å². The molecule has 1 saturated heterocycles. The first kappa shape index (κ1) is 43.3. The van der Waals surface area contributed by atoms with Gasteiger partial charge in [-0.15, -0.1) is 6.58 Å². The molecule has 0 radical (unpaired) electrons. The molecule has 0 saturated carbocycles. The van der Waals surface area contributed by atoms with Crippen LogP contribution < -0.4 is 21.3 Å². The van der Waals surface area contributed by atoms with Crippen molar-refractivity contribution >= 4 is 46.6 Å². The number of amides is 5. The van der Waals surface area contributed by atoms with E-state index in [1.165, 1.54) is 24.0 Å². The van der Waals surface area contributed by atoms with Crippen LogP contribution in [0.15, 0.2) is 61.3 Å². The van der Waals surface area contributed by atoms with Crippen LogP contribution in [0.5, 0.6) is 0 Å². The van der Waals surface area contributed by atoms with Gasteiger partial charge < -0.3 is 50.1 Å². The van der Waals surface area contributed by atoms with Crippen LogP contribution in [0.4, 0.5) is 9.18 Å². The topological polar surface area (TPSA) is 207 Å². The third-order valence-electron chi connectivity index (χ3n) is 9.78. The molecule has 16 nitrogen and oxygen atoms in total. The highest BCUT2D eigenvalue weighted by Gasteiger charge is 2.46. The van der Waals surface area contributed by atoms with Crippen LogP contribution in [-0.4, -0.2) is 113 Å². The number of halogens is 1. The molecule has 0 unspecified atom stereocenters. The summed E-state index contributed by atoms with van der Waals surface area (Å²) in [6.07, 6.45) is -0.147. The van der Waals surface area contributed by atoms with Gasteiger partial charge in [-0.25, -0.2) is 14.0 Å². The number of aliphatic hydroxyl groups is 1. The smallest absolute Gasteiger partial charge is 0.408 e. The lowest BCUT2D eigenvalue weighted by molar-refractivity contribution is -0.151. The third-order valence-corrected chi connectivity index (χ3v) is 9.78. The summed E-state index contributed by atoms with van der Waals surface area (Å²) < 4.78 is 32.8. The highest BCUT2D eigenvalue weighted by atomic mass is 19.1. The fraction of sp³-hybridized carbons (Fsp3) is 0.463. The summed E-state index contributed by atoms with van der Waals surface area (Å²) in [5.74, 6) is -4.39. The molecule has 2 aliphatic heterocycles. The van der Waals surface area contributed by atoms with E-state index >= 15 is 0 Å². The van der Waals surface area contributed by atoms with Gasteiger partial charge in [-0.05, 0) is 69.0 Å². The summed E-state index contributed by atoms with van der Waals surface area (Å²) >= 11 is 0. The number of hydrogen-bond acceptors (Lipinski definition) is 10. The third kappa shape index (κ3) is 10.8. The zero-order valence-electron chi connectivity index (χ0n) is 33.2. The number of fused-ring (bicyclic) bond motifs is 5. The zero-order chi connectivity index (χ0) is 42.3. The summed E-state index contributed by atoms with van der Waals surface area (Å²) in [6.45, 7) is 9.96. The number of esters is 1. The van der Waals surface area contributed by atoms with Gasteiger partial charge in [-0.3, -0.25) is 19.2 Å². The van der Waals surface area contributed by atoms with Crippen molar-refractivity contribution in [1.82, 2.24) is 30.7 Å². The van der Waals surface area contributed by atoms with Crippen molar-refractivity contribution in [2.45, 2.75) is 102 Å². The molecular formula is C41H51FN6O10. The van der Waals surface area contributed by atoms with Crippen molar-refractivity contribution < 1.29 is 52.5 Å². The van der Waals surface area contributed by atoms with Crippen LogP contribution >= 0.6 is 0 Å². The van der Waals surface area contributed by atoms with Crippen LogP contribution in [0, 0.1) is 5.82 Å². The van der Waals surface area contributed by atoms with Crippen molar-refractivity contribution in [2.75, 3.05) is 20.3 Å². The Bertz CT molecular complexity index is 2040. The molecule has 5 rings (SSSR count). The van der Waals surface area contributed by atoms with E-state index in [1.54, 1.807) is 63.4 Å². The van der Waals surface area contributed by atoms with E-state index in [9.17, 15) is 38.3 Å². The molecule has 0 aliphatic carbocycles. The van der Waals surface area contributed by atoms with Gasteiger partial charge in [0.25, 0.3) is 0 Å². The maximum absolute atomic E-state index is 14.9. The maximum Gasteiger partial charge on any atom is 0.408 e. The first-order valence-corrected chi connectivity index (χ1v) is 19.0. The standard InChI is InChI=1S/C41H51FN6O10/c1-7-14-47-21-26(28-19-27(42)11-12-31(28)47)18-30-38(53)48-15-13-32(35(48)37(52)46-34(23(2)49)39(54)56-6)57-22-33(50)43-20-25-10-8-9-24(16-25)17-29(36(51)44-30)45-40(55)58-41(3,4)5/h7-12,16,19,21,23,29-30,32,34-35,49H,1,13-15,17-18,20,22H2,2-6H3,(H,43,50)(H,44,51)(H,45,55)(H,46,52)/t23-,29+,30+,32+,34+,35+/m1/s1. The van der Waals surface area contributed by atoms with Gasteiger partial charge in [-0.2, -0.15) is 0 Å². The van der Waals surface area contributed by atoms with Crippen LogP contribution in [-0.2, 0) is 64.1 Å². The van der Waals surface area contributed by atoms with E-state index in [0.29, 0.717) is 34.1 Å². The van der Waals surface area contributed by atoms with Crippen molar-refractivity contribution in [3.8, 4) is 0 Å². The van der Waals surface area contributed by atoms with Crippen LogP contribution in [0.2, 0.25) is 0 Å². The average molecular weight is 807 g/mol. The SMILES string of the molecule is C=CCn1cc(C[C@@H]2NC(=O)[C@@H](NC(=O)OC(C)(C)C)Cc3cccc(c3)CNC(=O)CO[C@H]3CCN(C2=O)[C@@H]3C(=O)N[C@H](C(=O)OC)[C@@H](C)O)c2cc(F)ccc21. The number of benzene rings is 2. The Morgan fingerprint density at radius 3 is 2.57 bits per heavy atom. The molecule has 2 aromatic carbocycles. The van der Waals surface area contributed by atoms with Gasteiger partial charge in [0.05, 0.1) is 19.3 Å². The van der Waals surface area contributed by atoms with Crippen LogP contribution in [0.25, 0.3) is 10.9 Å². The number of aromatic nitrogens is 1. The van der Waals surface area contributed by atoms with E-state index < -0.39 is 90.1 Å². The fourth-order valence-corrected chi connectivity index (χ4v) is 7.12. The summed E-state index contributed by atoms with van der Waals surface area (Å²) in [5, 5.41) is 21.5. The molecule has 6 atom stereocenters. The highest BCUT2D eigenvalue weighted by molar-refractivity contribution is 5.96. The lowest BCUT2D eigenvalue weighted by Gasteiger charge is -2.32. The number of methoxy groups -OCH3 is 1. The summed E-state index contributed by atoms with van der Waals surface area (Å²) in [4.78, 5) is 83.4. The van der Waals surface area contributed by atoms with Crippen molar-refractivity contribution in [2.24, 2.45) is 0 Å². The summed E-state index contributed by atoms with van der Waals surface area (Å²) in [7, 11) is 1.09. The molecule has 3 aromatic rings. The number of allylic oxidation sites excluding steroid dienone is 1. The van der Waals surface area contributed by atoms with Gasteiger partial charge in [0.15, 0.2) is 6.04 Å². The largest absolute Gasteiger partial charge is 0.467 e. The van der Waals surface area contributed by atoms with E-state index in [-0.39, 0.29) is 32.4 Å². The van der Waals surface area contributed by atoms with Gasteiger partial charge in [0.2, 0.25) is 23.6 Å². The molecule has 1 aromatic heterocycles. The number of carbonyl (C=O) groups excluding carboxylic acids is 6. The second kappa shape index (κ2) is 18.6. The molecular weight excluding hydrogens is 755 g/mol. The minimum Gasteiger partial charge on any atom is -0.467 e. The number of ether oxygens (including phenoxy) is 3. The Balaban J connectivity index is 1.61. The Kier molecular flexibility index (Phi) is 13.9. The van der Waals surface area contributed by atoms with E-state index in [1.807, 2.05) is 4.57 Å². The fourth-order valence-electron chi connectivity index (χ4n) is 7.12. The molecule has 2 aliphatic rings. The normalized spacial score (nSPS) is 21.6. The number of rotatable bonds is 9. The molecule has 3 heterocycles. The monoisotopic (exact) mass is 806 g/mol. The first-order chi connectivity index (χ1) is 27.5. The molecule has 4 bridgehead atoms. The van der Waals surface area contributed by atoms with Crippen LogP contribution in [0.3, 0.4) is 0 Å². The van der Waals surface area contributed by atoms with E-state index in [2.05, 4.69) is 27.8 Å². The number of hydrogen-bond donors (Lipinski definition) is 5. The van der Waals surface area contributed by atoms with Crippen LogP contribution in [0.1, 0.15) is 50.8 Å². The van der Waals surface area contributed by atoms with E-state index in [4.69, 9.17) is 14.2 Å². The van der Waals surface area contributed by atoms with Crippen molar-refractivity contribution in [3.05, 3.63) is 83.8 Å². The Morgan fingerprint density at radius 2 is 1.88 bits per heavy atom. The van der Waals surface area contributed by atoms with Gasteiger partial charge in [0.1, 0.15) is 36.2 Å². The van der Waals surface area contributed by atoms with E-state index in [0.717, 1.165) is 7.11 Å². The number of carbonyl (C=O) groups is 6. The minimum absolute atomic E-state index is 0.0498. The second-order valence-electron chi connectivity index (χ2n) is 15.4. The number of nitrogens with one attached hydrogen (secondary N) is 4. The molecule has 1 fully saturated rings. The summed E-state index contributed by atoms with van der Waals surface area (Å²) in [6, 6.07) is 5.54. The Morgan fingerprint density at radius 1 is 1.14 bits per heavy atom. The molecule has 5 N–H and O–H groups in total. The molecule has 17 heteroatoms. The molecule has 5 amide bonds. The number of alkyl carbamates (subject to hydrolysis) is 1. The minimum atomic E-state index is -1.52. The average Bonchev–Trinajstić information content (AvgIpc) is 3.74. The Hall–Kier alpha value is -5.81. The predicted molar refractivity (Wildman–Crippen MR) is 208 cm³/mol.